The number of hydrogen-bond acceptors (Lipinski definition) is 4. The molecule has 0 atom stereocenters. The average molecular weight is 336 g/mol. The standard InChI is InChI=1S/C17H18F2N2O3/c1-11-3-5-13(10-21-11)16(22)20-8-7-12-4-6-14(23-2)15(9-12)24-17(18)19/h3-6,9-10,17H,7-8H2,1-2H3,(H,20,22). The molecule has 0 bridgehead atoms. The highest BCUT2D eigenvalue weighted by Gasteiger charge is 2.11. The molecule has 0 spiro atoms. The van der Waals surface area contributed by atoms with Crippen LogP contribution in [0.2, 0.25) is 0 Å². The predicted molar refractivity (Wildman–Crippen MR) is 84.6 cm³/mol. The van der Waals surface area contributed by atoms with Crippen molar-refractivity contribution in [2.75, 3.05) is 13.7 Å². The first-order valence-electron chi connectivity index (χ1n) is 7.32. The lowest BCUT2D eigenvalue weighted by atomic mass is 10.1. The molecule has 128 valence electrons. The van der Waals surface area contributed by atoms with Gasteiger partial charge in [-0.2, -0.15) is 8.78 Å². The number of alkyl halides is 2. The van der Waals surface area contributed by atoms with Gasteiger partial charge in [-0.1, -0.05) is 6.07 Å². The van der Waals surface area contributed by atoms with Crippen LogP contribution < -0.4 is 14.8 Å². The normalized spacial score (nSPS) is 10.5. The van der Waals surface area contributed by atoms with Crippen molar-refractivity contribution in [3.8, 4) is 11.5 Å². The maximum Gasteiger partial charge on any atom is 0.387 e. The predicted octanol–water partition coefficient (Wildman–Crippen LogP) is 2.97. The van der Waals surface area contributed by atoms with Crippen LogP contribution in [-0.2, 0) is 6.42 Å². The zero-order valence-corrected chi connectivity index (χ0v) is 13.4. The number of halogens is 2. The molecule has 0 fully saturated rings. The summed E-state index contributed by atoms with van der Waals surface area (Å²) in [6, 6.07) is 8.21. The molecule has 1 aromatic carbocycles. The summed E-state index contributed by atoms with van der Waals surface area (Å²) < 4.78 is 34.2. The van der Waals surface area contributed by atoms with Crippen molar-refractivity contribution in [2.45, 2.75) is 20.0 Å². The number of carbonyl (C=O) groups is 1. The number of ether oxygens (including phenoxy) is 2. The Morgan fingerprint density at radius 3 is 2.67 bits per heavy atom. The third kappa shape index (κ3) is 4.91. The van der Waals surface area contributed by atoms with Gasteiger partial charge in [0.25, 0.3) is 5.91 Å². The molecule has 1 amide bonds. The fraction of sp³-hybridized carbons (Fsp3) is 0.294. The molecular formula is C17H18F2N2O3. The van der Waals surface area contributed by atoms with Crippen LogP contribution in [0.25, 0.3) is 0 Å². The van der Waals surface area contributed by atoms with Crippen molar-refractivity contribution in [1.82, 2.24) is 10.3 Å². The molecule has 1 heterocycles. The third-order valence-corrected chi connectivity index (χ3v) is 3.32. The molecule has 0 saturated carbocycles. The highest BCUT2D eigenvalue weighted by atomic mass is 19.3. The molecule has 1 aromatic heterocycles. The fourth-order valence-electron chi connectivity index (χ4n) is 2.09. The van der Waals surface area contributed by atoms with Crippen molar-refractivity contribution < 1.29 is 23.0 Å². The molecule has 2 rings (SSSR count). The van der Waals surface area contributed by atoms with E-state index in [-0.39, 0.29) is 17.4 Å². The topological polar surface area (TPSA) is 60.5 Å². The number of rotatable bonds is 7. The maximum atomic E-state index is 12.4. The van der Waals surface area contributed by atoms with Gasteiger partial charge in [0.15, 0.2) is 11.5 Å². The number of pyridine rings is 1. The number of benzene rings is 1. The smallest absolute Gasteiger partial charge is 0.387 e. The van der Waals surface area contributed by atoms with E-state index >= 15 is 0 Å². The van der Waals surface area contributed by atoms with E-state index in [1.165, 1.54) is 19.4 Å². The Morgan fingerprint density at radius 2 is 2.04 bits per heavy atom. The SMILES string of the molecule is COc1ccc(CCNC(=O)c2ccc(C)nc2)cc1OC(F)F. The lowest BCUT2D eigenvalue weighted by Crippen LogP contribution is -2.25. The minimum atomic E-state index is -2.93. The molecule has 5 nitrogen and oxygen atoms in total. The van der Waals surface area contributed by atoms with Crippen LogP contribution in [0.4, 0.5) is 8.78 Å². The fourth-order valence-corrected chi connectivity index (χ4v) is 2.09. The first-order valence-corrected chi connectivity index (χ1v) is 7.32. The van der Waals surface area contributed by atoms with Crippen molar-refractivity contribution in [3.05, 3.63) is 53.3 Å². The number of amides is 1. The largest absolute Gasteiger partial charge is 0.493 e. The summed E-state index contributed by atoms with van der Waals surface area (Å²) >= 11 is 0. The Kier molecular flexibility index (Phi) is 6.06. The van der Waals surface area contributed by atoms with E-state index in [1.807, 2.05) is 6.92 Å². The number of nitrogens with one attached hydrogen (secondary N) is 1. The number of hydrogen-bond donors (Lipinski definition) is 1. The van der Waals surface area contributed by atoms with Crippen LogP contribution in [0.1, 0.15) is 21.6 Å². The van der Waals surface area contributed by atoms with E-state index in [1.54, 1.807) is 24.3 Å². The zero-order chi connectivity index (χ0) is 17.5. The molecule has 0 saturated heterocycles. The molecule has 0 unspecified atom stereocenters. The lowest BCUT2D eigenvalue weighted by Gasteiger charge is -2.12. The number of methoxy groups -OCH3 is 1. The summed E-state index contributed by atoms with van der Waals surface area (Å²) in [5.41, 5.74) is 2.04. The number of aryl methyl sites for hydroxylation is 1. The minimum Gasteiger partial charge on any atom is -0.493 e. The molecular weight excluding hydrogens is 318 g/mol. The summed E-state index contributed by atoms with van der Waals surface area (Å²) in [7, 11) is 1.38. The van der Waals surface area contributed by atoms with Crippen LogP contribution in [0, 0.1) is 6.92 Å². The van der Waals surface area contributed by atoms with Gasteiger partial charge in [-0.05, 0) is 43.2 Å². The molecule has 1 N–H and O–H groups in total. The van der Waals surface area contributed by atoms with Crippen molar-refractivity contribution in [3.63, 3.8) is 0 Å². The second kappa shape index (κ2) is 8.24. The van der Waals surface area contributed by atoms with Gasteiger partial charge in [-0.25, -0.2) is 0 Å². The monoisotopic (exact) mass is 336 g/mol. The Bertz CT molecular complexity index is 691. The third-order valence-electron chi connectivity index (χ3n) is 3.32. The summed E-state index contributed by atoms with van der Waals surface area (Å²) in [6.07, 6.45) is 1.97. The summed E-state index contributed by atoms with van der Waals surface area (Å²) in [5, 5.41) is 2.76. The van der Waals surface area contributed by atoms with Gasteiger partial charge in [0.05, 0.1) is 12.7 Å². The summed E-state index contributed by atoms with van der Waals surface area (Å²) in [6.45, 7) is -0.736. The molecule has 7 heteroatoms. The second-order valence-corrected chi connectivity index (χ2v) is 5.06. The number of nitrogens with zero attached hydrogens (tertiary/aromatic N) is 1. The van der Waals surface area contributed by atoms with Crippen molar-refractivity contribution in [2.24, 2.45) is 0 Å². The molecule has 0 aliphatic carbocycles. The van der Waals surface area contributed by atoms with E-state index in [4.69, 9.17) is 4.74 Å². The molecule has 2 aromatic rings. The number of aromatic nitrogens is 1. The van der Waals surface area contributed by atoms with Gasteiger partial charge < -0.3 is 14.8 Å². The molecule has 24 heavy (non-hydrogen) atoms. The van der Waals surface area contributed by atoms with Crippen molar-refractivity contribution >= 4 is 5.91 Å². The lowest BCUT2D eigenvalue weighted by molar-refractivity contribution is -0.0512. The second-order valence-electron chi connectivity index (χ2n) is 5.06. The highest BCUT2D eigenvalue weighted by Crippen LogP contribution is 2.29. The first kappa shape index (κ1) is 17.7. The molecule has 0 radical (unpaired) electrons. The highest BCUT2D eigenvalue weighted by molar-refractivity contribution is 5.93. The van der Waals surface area contributed by atoms with Gasteiger partial charge in [0.2, 0.25) is 0 Å². The van der Waals surface area contributed by atoms with Gasteiger partial charge in [-0.15, -0.1) is 0 Å². The summed E-state index contributed by atoms with van der Waals surface area (Å²) in [4.78, 5) is 16.0. The van der Waals surface area contributed by atoms with Crippen LogP contribution in [-0.4, -0.2) is 31.2 Å². The van der Waals surface area contributed by atoms with Gasteiger partial charge >= 0.3 is 6.61 Å². The first-order chi connectivity index (χ1) is 11.5. The van der Waals surface area contributed by atoms with Crippen LogP contribution in [0.15, 0.2) is 36.5 Å². The molecule has 0 aliphatic rings. The van der Waals surface area contributed by atoms with Crippen LogP contribution in [0.5, 0.6) is 11.5 Å². The molecule has 0 aliphatic heterocycles. The zero-order valence-electron chi connectivity index (χ0n) is 13.4. The van der Waals surface area contributed by atoms with E-state index < -0.39 is 6.61 Å². The van der Waals surface area contributed by atoms with E-state index in [0.717, 1.165) is 11.3 Å². The Morgan fingerprint density at radius 1 is 1.25 bits per heavy atom. The van der Waals surface area contributed by atoms with Crippen molar-refractivity contribution in [1.29, 1.82) is 0 Å². The minimum absolute atomic E-state index is 0.0286. The number of carbonyl (C=O) groups excluding carboxylic acids is 1. The average Bonchev–Trinajstić information content (AvgIpc) is 2.55. The Hall–Kier alpha value is -2.70. The quantitative estimate of drug-likeness (QED) is 0.844. The van der Waals surface area contributed by atoms with E-state index in [0.29, 0.717) is 18.5 Å². The Balaban J connectivity index is 1.94. The van der Waals surface area contributed by atoms with Crippen LogP contribution >= 0.6 is 0 Å². The van der Waals surface area contributed by atoms with E-state index in [2.05, 4.69) is 15.0 Å². The van der Waals surface area contributed by atoms with Gasteiger partial charge in [0, 0.05) is 18.4 Å². The van der Waals surface area contributed by atoms with Crippen LogP contribution in [0.3, 0.4) is 0 Å². The van der Waals surface area contributed by atoms with Gasteiger partial charge in [-0.3, -0.25) is 9.78 Å². The van der Waals surface area contributed by atoms with Gasteiger partial charge in [0.1, 0.15) is 0 Å². The summed E-state index contributed by atoms with van der Waals surface area (Å²) in [5.74, 6) is -0.0343. The maximum absolute atomic E-state index is 12.4. The van der Waals surface area contributed by atoms with E-state index in [9.17, 15) is 13.6 Å². The Labute approximate surface area is 138 Å².